The molecule has 0 N–H and O–H groups in total. The molecule has 0 aromatic heterocycles. The Labute approximate surface area is 112 Å². The van der Waals surface area contributed by atoms with E-state index in [0.717, 1.165) is 6.08 Å². The first-order valence-corrected chi connectivity index (χ1v) is 7.62. The number of carbonyl (C=O) groups excluding carboxylic acids is 1. The summed E-state index contributed by atoms with van der Waals surface area (Å²) in [5, 5.41) is 0. The second-order valence-electron chi connectivity index (χ2n) is 3.07. The Hall–Kier alpha value is -1.18. The van der Waals surface area contributed by atoms with Crippen LogP contribution in [0.3, 0.4) is 0 Å². The zero-order valence-corrected chi connectivity index (χ0v) is 11.6. The normalized spacial score (nSPS) is 13.2. The summed E-state index contributed by atoms with van der Waals surface area (Å²) in [5.74, 6) is -1.93. The Bertz CT molecular complexity index is 566. The van der Waals surface area contributed by atoms with Crippen molar-refractivity contribution in [2.45, 2.75) is 5.51 Å². The van der Waals surface area contributed by atoms with Gasteiger partial charge in [-0.15, -0.1) is 0 Å². The highest BCUT2D eigenvalue weighted by molar-refractivity contribution is 7.90. The van der Waals surface area contributed by atoms with Gasteiger partial charge < -0.3 is 4.74 Å². The molecular weight excluding hydrogens is 331 g/mol. The van der Waals surface area contributed by atoms with Gasteiger partial charge in [0, 0.05) is 13.1 Å². The number of carbonyl (C=O) groups is 1. The molecule has 0 radical (unpaired) electrons. The summed E-state index contributed by atoms with van der Waals surface area (Å²) >= 11 is 0. The molecule has 0 aliphatic heterocycles. The van der Waals surface area contributed by atoms with Crippen LogP contribution in [0.15, 0.2) is 12.7 Å². The van der Waals surface area contributed by atoms with Crippen LogP contribution in [0.5, 0.6) is 0 Å². The van der Waals surface area contributed by atoms with Gasteiger partial charge in [0.05, 0.1) is 0 Å². The van der Waals surface area contributed by atoms with E-state index in [1.165, 1.54) is 0 Å². The summed E-state index contributed by atoms with van der Waals surface area (Å²) in [6.07, 6.45) is 0.737. The SMILES string of the molecule is C=CC(=O)OCCS(=O)(=O)N(C)OS(=O)(=O)C(F)(F)F. The summed E-state index contributed by atoms with van der Waals surface area (Å²) in [7, 11) is -10.2. The minimum Gasteiger partial charge on any atom is -0.461 e. The summed E-state index contributed by atoms with van der Waals surface area (Å²) in [6, 6.07) is 0. The fourth-order valence-corrected chi connectivity index (χ4v) is 2.19. The first-order valence-electron chi connectivity index (χ1n) is 4.60. The Morgan fingerprint density at radius 3 is 2.20 bits per heavy atom. The number of alkyl halides is 3. The van der Waals surface area contributed by atoms with Crippen LogP contribution in [0.2, 0.25) is 0 Å². The number of nitrogens with zero attached hydrogens (tertiary/aromatic N) is 1. The Morgan fingerprint density at radius 1 is 1.30 bits per heavy atom. The maximum atomic E-state index is 12.0. The molecule has 0 amide bonds. The lowest BCUT2D eigenvalue weighted by Crippen LogP contribution is -2.37. The number of halogens is 3. The molecule has 0 atom stereocenters. The van der Waals surface area contributed by atoms with Gasteiger partial charge in [-0.25, -0.2) is 13.2 Å². The van der Waals surface area contributed by atoms with Crippen LogP contribution >= 0.6 is 0 Å². The molecule has 0 heterocycles. The van der Waals surface area contributed by atoms with Crippen LogP contribution in [0.25, 0.3) is 0 Å². The maximum absolute atomic E-state index is 12.0. The number of hydrogen-bond acceptors (Lipinski definition) is 7. The first kappa shape index (κ1) is 18.8. The number of sulfonamides is 1. The molecule has 13 heteroatoms. The minimum absolute atomic E-state index is 0.452. The average Bonchev–Trinajstić information content (AvgIpc) is 2.26. The third-order valence-electron chi connectivity index (χ3n) is 1.63. The van der Waals surface area contributed by atoms with E-state index in [1.54, 1.807) is 0 Å². The van der Waals surface area contributed by atoms with Gasteiger partial charge in [-0.2, -0.15) is 25.9 Å². The summed E-state index contributed by atoms with van der Waals surface area (Å²) in [6.45, 7) is 2.31. The van der Waals surface area contributed by atoms with Crippen molar-refractivity contribution in [2.75, 3.05) is 19.4 Å². The fourth-order valence-electron chi connectivity index (χ4n) is 0.662. The molecule has 0 spiro atoms. The van der Waals surface area contributed by atoms with Crippen LogP contribution in [0, 0.1) is 0 Å². The summed E-state index contributed by atoms with van der Waals surface area (Å²) in [5.41, 5.74) is -5.77. The zero-order chi connectivity index (χ0) is 16.2. The van der Waals surface area contributed by atoms with Gasteiger partial charge in [-0.1, -0.05) is 11.0 Å². The number of rotatable bonds is 7. The van der Waals surface area contributed by atoms with Crippen LogP contribution in [0.4, 0.5) is 13.2 Å². The number of ether oxygens (including phenoxy) is 1. The van der Waals surface area contributed by atoms with Crippen molar-refractivity contribution >= 4 is 26.1 Å². The van der Waals surface area contributed by atoms with Crippen molar-refractivity contribution in [2.24, 2.45) is 0 Å². The molecule has 0 aliphatic rings. The van der Waals surface area contributed by atoms with Crippen molar-refractivity contribution < 1.29 is 43.8 Å². The lowest BCUT2D eigenvalue weighted by atomic mass is 10.6. The molecule has 118 valence electrons. The molecule has 0 unspecified atom stereocenters. The third kappa shape index (κ3) is 5.44. The molecule has 0 aromatic rings. The van der Waals surface area contributed by atoms with E-state index in [1.807, 2.05) is 0 Å². The maximum Gasteiger partial charge on any atom is 0.524 e. The second-order valence-corrected chi connectivity index (χ2v) is 6.68. The van der Waals surface area contributed by atoms with Gasteiger partial charge in [-0.05, 0) is 0 Å². The Balaban J connectivity index is 4.73. The van der Waals surface area contributed by atoms with Crippen LogP contribution < -0.4 is 0 Å². The number of hydrogen-bond donors (Lipinski definition) is 0. The standard InChI is InChI=1S/C7H10F3NO7S2/c1-3-6(12)17-4-5-19(13,14)11(2)18-20(15,16)7(8,9)10/h3H,1,4-5H2,2H3. The molecule has 0 aliphatic carbocycles. The largest absolute Gasteiger partial charge is 0.524 e. The molecule has 8 nitrogen and oxygen atoms in total. The Kier molecular flexibility index (Phi) is 6.13. The van der Waals surface area contributed by atoms with Crippen LogP contribution in [0.1, 0.15) is 0 Å². The molecule has 0 saturated heterocycles. The highest BCUT2D eigenvalue weighted by atomic mass is 32.2. The second kappa shape index (κ2) is 6.51. The van der Waals surface area contributed by atoms with Crippen molar-refractivity contribution in [3.63, 3.8) is 0 Å². The Morgan fingerprint density at radius 2 is 1.80 bits per heavy atom. The van der Waals surface area contributed by atoms with Gasteiger partial charge in [0.25, 0.3) is 0 Å². The smallest absolute Gasteiger partial charge is 0.461 e. The van der Waals surface area contributed by atoms with Crippen molar-refractivity contribution in [1.29, 1.82) is 0 Å². The van der Waals surface area contributed by atoms with E-state index in [-0.39, 0.29) is 0 Å². The third-order valence-corrected chi connectivity index (χ3v) is 4.25. The fraction of sp³-hybridized carbons (Fsp3) is 0.571. The zero-order valence-electron chi connectivity index (χ0n) is 9.95. The van der Waals surface area contributed by atoms with Crippen molar-refractivity contribution in [3.8, 4) is 0 Å². The van der Waals surface area contributed by atoms with Crippen molar-refractivity contribution in [1.82, 2.24) is 4.47 Å². The van der Waals surface area contributed by atoms with Crippen LogP contribution in [-0.4, -0.2) is 52.2 Å². The van der Waals surface area contributed by atoms with Gasteiger partial charge in [0.1, 0.15) is 12.4 Å². The van der Waals surface area contributed by atoms with Crippen molar-refractivity contribution in [3.05, 3.63) is 12.7 Å². The predicted octanol–water partition coefficient (Wildman–Crippen LogP) is -0.242. The first-order chi connectivity index (χ1) is 8.83. The highest BCUT2D eigenvalue weighted by Gasteiger charge is 2.49. The van der Waals surface area contributed by atoms with E-state index in [0.29, 0.717) is 7.05 Å². The molecule has 0 bridgehead atoms. The quantitative estimate of drug-likeness (QED) is 0.272. The lowest BCUT2D eigenvalue weighted by molar-refractivity contribution is -0.137. The van der Waals surface area contributed by atoms with E-state index in [9.17, 15) is 34.8 Å². The monoisotopic (exact) mass is 341 g/mol. The molecule has 0 rings (SSSR count). The summed E-state index contributed by atoms with van der Waals surface area (Å²) < 4.78 is 87.0. The molecule has 20 heavy (non-hydrogen) atoms. The van der Waals surface area contributed by atoms with E-state index < -0.39 is 48.4 Å². The van der Waals surface area contributed by atoms with E-state index in [4.69, 9.17) is 0 Å². The van der Waals surface area contributed by atoms with E-state index >= 15 is 0 Å². The van der Waals surface area contributed by atoms with Gasteiger partial charge in [0.2, 0.25) is 10.0 Å². The lowest BCUT2D eigenvalue weighted by Gasteiger charge is -2.16. The average molecular weight is 341 g/mol. The van der Waals surface area contributed by atoms with Gasteiger partial charge in [0.15, 0.2) is 0 Å². The minimum atomic E-state index is -6.10. The molecule has 0 fully saturated rings. The number of hydroxylamine groups is 1. The van der Waals surface area contributed by atoms with Gasteiger partial charge in [-0.3, -0.25) is 0 Å². The molecular formula is C7H10F3NO7S2. The number of esters is 1. The highest BCUT2D eigenvalue weighted by Crippen LogP contribution is 2.25. The van der Waals surface area contributed by atoms with E-state index in [2.05, 4.69) is 15.6 Å². The topological polar surface area (TPSA) is 107 Å². The van der Waals surface area contributed by atoms with Gasteiger partial charge >= 0.3 is 21.6 Å². The molecule has 0 saturated carbocycles. The summed E-state index contributed by atoms with van der Waals surface area (Å²) in [4.78, 5) is 10.6. The predicted molar refractivity (Wildman–Crippen MR) is 58.8 cm³/mol. The van der Waals surface area contributed by atoms with Crippen LogP contribution in [-0.2, 0) is 34.0 Å². The molecule has 0 aromatic carbocycles.